The molecule has 0 aromatic carbocycles. The van der Waals surface area contributed by atoms with Crippen molar-refractivity contribution in [3.63, 3.8) is 0 Å². The fraction of sp³-hybridized carbons (Fsp3) is 0.556. The topological polar surface area (TPSA) is 30.0 Å². The summed E-state index contributed by atoms with van der Waals surface area (Å²) >= 11 is 3.27. The monoisotopic (exact) mass is 215 g/mol. The Morgan fingerprint density at radius 1 is 1.69 bits per heavy atom. The summed E-state index contributed by atoms with van der Waals surface area (Å²) in [5, 5.41) is 0. The van der Waals surface area contributed by atoms with E-state index in [1.165, 1.54) is 0 Å². The van der Waals surface area contributed by atoms with E-state index >= 15 is 0 Å². The highest BCUT2D eigenvalue weighted by Gasteiger charge is 2.04. The zero-order chi connectivity index (χ0) is 9.52. The second kappa shape index (κ2) is 6.16. The van der Waals surface area contributed by atoms with Crippen LogP contribution in [0.4, 0.5) is 0 Å². The van der Waals surface area contributed by atoms with Crippen molar-refractivity contribution in [2.45, 2.75) is 19.8 Å². The van der Waals surface area contributed by atoms with Gasteiger partial charge in [0, 0.05) is 17.5 Å². The van der Waals surface area contributed by atoms with Gasteiger partial charge in [0.1, 0.15) is 5.78 Å². The van der Waals surface area contributed by atoms with Gasteiger partial charge in [-0.2, -0.15) is 11.8 Å². The molecule has 0 amide bonds. The average molecular weight is 215 g/mol. The van der Waals surface area contributed by atoms with E-state index in [0.717, 1.165) is 17.1 Å². The van der Waals surface area contributed by atoms with Gasteiger partial charge in [0.25, 0.3) is 0 Å². The number of hydrogen-bond acceptors (Lipinski definition) is 4. The van der Waals surface area contributed by atoms with Crippen LogP contribution in [0, 0.1) is 0 Å². The Bertz CT molecular complexity index is 246. The third kappa shape index (κ3) is 4.43. The lowest BCUT2D eigenvalue weighted by Crippen LogP contribution is -2.04. The molecule has 1 rings (SSSR count). The number of thiazole rings is 1. The standard InChI is InChI=1S/C9H13NOS2/c1-2-3-12-6-8(11)4-9-5-10-7-13-9/h5,7H,2-4,6H2,1H3. The van der Waals surface area contributed by atoms with Crippen LogP contribution in [-0.2, 0) is 11.2 Å². The summed E-state index contributed by atoms with van der Waals surface area (Å²) in [6, 6.07) is 0. The molecule has 2 nitrogen and oxygen atoms in total. The van der Waals surface area contributed by atoms with Gasteiger partial charge >= 0.3 is 0 Å². The van der Waals surface area contributed by atoms with E-state index in [-0.39, 0.29) is 0 Å². The second-order valence-electron chi connectivity index (χ2n) is 2.74. The van der Waals surface area contributed by atoms with Crippen molar-refractivity contribution in [1.82, 2.24) is 4.98 Å². The number of Topliss-reactive ketones (excluding diaryl/α,β-unsaturated/α-hetero) is 1. The van der Waals surface area contributed by atoms with Crippen LogP contribution in [0.15, 0.2) is 11.7 Å². The normalized spacial score (nSPS) is 10.2. The average Bonchev–Trinajstić information content (AvgIpc) is 2.57. The largest absolute Gasteiger partial charge is 0.298 e. The first-order valence-electron chi connectivity index (χ1n) is 4.29. The number of rotatable bonds is 6. The molecule has 1 aromatic rings. The highest BCUT2D eigenvalue weighted by molar-refractivity contribution is 7.99. The fourth-order valence-corrected chi connectivity index (χ4v) is 2.29. The van der Waals surface area contributed by atoms with Gasteiger partial charge in [0.2, 0.25) is 0 Å². The molecule has 0 fully saturated rings. The van der Waals surface area contributed by atoms with E-state index in [4.69, 9.17) is 0 Å². The lowest BCUT2D eigenvalue weighted by atomic mass is 10.3. The fourth-order valence-electron chi connectivity index (χ4n) is 0.905. The minimum Gasteiger partial charge on any atom is -0.298 e. The Kier molecular flexibility index (Phi) is 5.08. The molecular formula is C9H13NOS2. The number of carbonyl (C=O) groups is 1. The highest BCUT2D eigenvalue weighted by Crippen LogP contribution is 2.09. The number of hydrogen-bond donors (Lipinski definition) is 0. The molecule has 0 aliphatic rings. The molecule has 0 spiro atoms. The van der Waals surface area contributed by atoms with Gasteiger partial charge in [0.05, 0.1) is 11.3 Å². The van der Waals surface area contributed by atoms with Gasteiger partial charge in [-0.25, -0.2) is 0 Å². The van der Waals surface area contributed by atoms with E-state index in [1.54, 1.807) is 34.8 Å². The first kappa shape index (κ1) is 10.7. The maximum atomic E-state index is 11.3. The molecule has 13 heavy (non-hydrogen) atoms. The van der Waals surface area contributed by atoms with Crippen molar-refractivity contribution in [2.24, 2.45) is 0 Å². The van der Waals surface area contributed by atoms with E-state index < -0.39 is 0 Å². The zero-order valence-electron chi connectivity index (χ0n) is 7.66. The van der Waals surface area contributed by atoms with E-state index in [2.05, 4.69) is 11.9 Å². The number of carbonyl (C=O) groups excluding carboxylic acids is 1. The van der Waals surface area contributed by atoms with Gasteiger partial charge in [-0.1, -0.05) is 6.92 Å². The summed E-state index contributed by atoms with van der Waals surface area (Å²) in [6.45, 7) is 2.13. The maximum absolute atomic E-state index is 11.3. The van der Waals surface area contributed by atoms with E-state index in [0.29, 0.717) is 18.0 Å². The molecule has 1 heterocycles. The lowest BCUT2D eigenvalue weighted by molar-refractivity contribution is -0.115. The summed E-state index contributed by atoms with van der Waals surface area (Å²) in [7, 11) is 0. The second-order valence-corrected chi connectivity index (χ2v) is 4.81. The molecule has 1 aromatic heterocycles. The predicted molar refractivity (Wildman–Crippen MR) is 58.4 cm³/mol. The van der Waals surface area contributed by atoms with Crippen LogP contribution in [0.1, 0.15) is 18.2 Å². The molecule has 0 atom stereocenters. The number of ketones is 1. The molecule has 0 saturated heterocycles. The van der Waals surface area contributed by atoms with Crippen molar-refractivity contribution in [3.8, 4) is 0 Å². The van der Waals surface area contributed by atoms with E-state index in [1.807, 2.05) is 0 Å². The van der Waals surface area contributed by atoms with Crippen molar-refractivity contribution < 1.29 is 4.79 Å². The summed E-state index contributed by atoms with van der Waals surface area (Å²) in [5.41, 5.74) is 1.77. The SMILES string of the molecule is CCCSCC(=O)Cc1cncs1. The smallest absolute Gasteiger partial charge is 0.147 e. The quantitative estimate of drug-likeness (QED) is 0.683. The first-order chi connectivity index (χ1) is 6.33. The van der Waals surface area contributed by atoms with E-state index in [9.17, 15) is 4.79 Å². The van der Waals surface area contributed by atoms with Crippen LogP contribution in [0.5, 0.6) is 0 Å². The number of nitrogens with zero attached hydrogens (tertiary/aromatic N) is 1. The summed E-state index contributed by atoms with van der Waals surface area (Å²) in [6.07, 6.45) is 3.47. The third-order valence-electron chi connectivity index (χ3n) is 1.47. The molecule has 72 valence electrons. The molecule has 0 saturated carbocycles. The Hall–Kier alpha value is -0.350. The highest BCUT2D eigenvalue weighted by atomic mass is 32.2. The maximum Gasteiger partial charge on any atom is 0.147 e. The van der Waals surface area contributed by atoms with Crippen LogP contribution >= 0.6 is 23.1 Å². The van der Waals surface area contributed by atoms with Crippen LogP contribution < -0.4 is 0 Å². The zero-order valence-corrected chi connectivity index (χ0v) is 9.29. The minimum atomic E-state index is 0.308. The Balaban J connectivity index is 2.18. The van der Waals surface area contributed by atoms with Gasteiger partial charge < -0.3 is 0 Å². The molecule has 0 unspecified atom stereocenters. The molecule has 4 heteroatoms. The summed E-state index contributed by atoms with van der Waals surface area (Å²) in [4.78, 5) is 16.3. The Labute approximate surface area is 86.8 Å². The third-order valence-corrected chi connectivity index (χ3v) is 3.47. The molecule has 0 N–H and O–H groups in total. The van der Waals surface area contributed by atoms with Crippen molar-refractivity contribution in [1.29, 1.82) is 0 Å². The van der Waals surface area contributed by atoms with Gasteiger partial charge in [0.15, 0.2) is 0 Å². The van der Waals surface area contributed by atoms with Crippen molar-refractivity contribution in [3.05, 3.63) is 16.6 Å². The molecular weight excluding hydrogens is 202 g/mol. The van der Waals surface area contributed by atoms with Crippen LogP contribution in [0.25, 0.3) is 0 Å². The number of aromatic nitrogens is 1. The molecule has 0 bridgehead atoms. The summed E-state index contributed by atoms with van der Waals surface area (Å²) < 4.78 is 0. The number of thioether (sulfide) groups is 1. The predicted octanol–water partition coefficient (Wildman–Crippen LogP) is 2.40. The lowest BCUT2D eigenvalue weighted by Gasteiger charge is -1.97. The molecule has 0 aliphatic heterocycles. The van der Waals surface area contributed by atoms with Crippen LogP contribution in [-0.4, -0.2) is 22.3 Å². The van der Waals surface area contributed by atoms with Crippen molar-refractivity contribution in [2.75, 3.05) is 11.5 Å². The van der Waals surface area contributed by atoms with Gasteiger partial charge in [-0.3, -0.25) is 9.78 Å². The molecule has 0 aliphatic carbocycles. The Morgan fingerprint density at radius 3 is 3.15 bits per heavy atom. The van der Waals surface area contributed by atoms with Gasteiger partial charge in [-0.15, -0.1) is 11.3 Å². The first-order valence-corrected chi connectivity index (χ1v) is 6.33. The Morgan fingerprint density at radius 2 is 2.54 bits per heavy atom. The van der Waals surface area contributed by atoms with Gasteiger partial charge in [-0.05, 0) is 12.2 Å². The van der Waals surface area contributed by atoms with Crippen LogP contribution in [0.2, 0.25) is 0 Å². The minimum absolute atomic E-state index is 0.308. The summed E-state index contributed by atoms with van der Waals surface area (Å²) in [5.74, 6) is 2.03. The van der Waals surface area contributed by atoms with Crippen LogP contribution in [0.3, 0.4) is 0 Å². The van der Waals surface area contributed by atoms with Crippen molar-refractivity contribution >= 4 is 28.9 Å². The molecule has 0 radical (unpaired) electrons.